The van der Waals surface area contributed by atoms with Gasteiger partial charge in [0.05, 0.1) is 12.0 Å². The summed E-state index contributed by atoms with van der Waals surface area (Å²) in [6.45, 7) is 0. The highest BCUT2D eigenvalue weighted by Crippen LogP contribution is 2.50. The first-order valence-corrected chi connectivity index (χ1v) is 8.55. The maximum atomic E-state index is 13.6. The third kappa shape index (κ3) is 3.47. The predicted molar refractivity (Wildman–Crippen MR) is 81.6 cm³/mol. The average molecular weight is 416 g/mol. The number of alkyl halides is 7. The molecule has 0 aliphatic carbocycles. The molecule has 0 saturated heterocycles. The topological polar surface area (TPSA) is 43.4 Å². The van der Waals surface area contributed by atoms with Gasteiger partial charge in [0.2, 0.25) is 9.84 Å². The van der Waals surface area contributed by atoms with Crippen molar-refractivity contribution in [2.75, 3.05) is 7.11 Å². The van der Waals surface area contributed by atoms with Crippen molar-refractivity contribution in [3.8, 4) is 16.9 Å². The molecule has 0 N–H and O–H groups in total. The number of rotatable bonds is 5. The highest BCUT2D eigenvalue weighted by atomic mass is 32.2. The number of benzene rings is 2. The normalized spacial score (nSPS) is 13.5. The van der Waals surface area contributed by atoms with E-state index in [-0.39, 0.29) is 0 Å². The van der Waals surface area contributed by atoms with E-state index in [1.165, 1.54) is 7.11 Å². The van der Waals surface area contributed by atoms with E-state index in [1.54, 1.807) is 24.3 Å². The van der Waals surface area contributed by atoms with Gasteiger partial charge in [0, 0.05) is 0 Å². The zero-order valence-corrected chi connectivity index (χ0v) is 14.2. The van der Waals surface area contributed by atoms with E-state index >= 15 is 0 Å². The summed E-state index contributed by atoms with van der Waals surface area (Å²) in [6.07, 6.45) is -6.74. The van der Waals surface area contributed by atoms with Crippen LogP contribution in [-0.2, 0) is 9.84 Å². The first-order chi connectivity index (χ1) is 12.3. The van der Waals surface area contributed by atoms with Gasteiger partial charge >= 0.3 is 17.4 Å². The zero-order chi connectivity index (χ0) is 20.7. The maximum Gasteiger partial charge on any atom is 0.461 e. The van der Waals surface area contributed by atoms with Crippen molar-refractivity contribution < 1.29 is 43.9 Å². The summed E-state index contributed by atoms with van der Waals surface area (Å²) >= 11 is 0. The van der Waals surface area contributed by atoms with E-state index in [0.29, 0.717) is 29.0 Å². The average Bonchev–Trinajstić information content (AvgIpc) is 2.60. The molecule has 0 spiro atoms. The lowest BCUT2D eigenvalue weighted by Crippen LogP contribution is -2.55. The predicted octanol–water partition coefficient (Wildman–Crippen LogP) is 4.93. The van der Waals surface area contributed by atoms with Gasteiger partial charge in [0.25, 0.3) is 0 Å². The van der Waals surface area contributed by atoms with Crippen molar-refractivity contribution in [2.24, 2.45) is 0 Å². The van der Waals surface area contributed by atoms with E-state index in [9.17, 15) is 39.2 Å². The van der Waals surface area contributed by atoms with Crippen LogP contribution in [-0.4, -0.2) is 32.9 Å². The SMILES string of the molecule is COc1ccc(-c2ccc(S(=O)(=O)C(F)(F)C(F)(F)C(F)(F)F)cc2)cc1. The lowest BCUT2D eigenvalue weighted by molar-refractivity contribution is -0.332. The van der Waals surface area contributed by atoms with Crippen LogP contribution in [0.4, 0.5) is 30.7 Å². The number of hydrogen-bond acceptors (Lipinski definition) is 3. The van der Waals surface area contributed by atoms with Crippen molar-refractivity contribution in [2.45, 2.75) is 22.2 Å². The second-order valence-electron chi connectivity index (χ2n) is 5.35. The minimum Gasteiger partial charge on any atom is -0.497 e. The van der Waals surface area contributed by atoms with Gasteiger partial charge in [0.15, 0.2) is 0 Å². The summed E-state index contributed by atoms with van der Waals surface area (Å²) in [6, 6.07) is 9.30. The summed E-state index contributed by atoms with van der Waals surface area (Å²) < 4.78 is 118. The molecule has 148 valence electrons. The third-order valence-corrected chi connectivity index (χ3v) is 5.47. The lowest BCUT2D eigenvalue weighted by atomic mass is 10.1. The molecule has 0 saturated carbocycles. The van der Waals surface area contributed by atoms with Crippen LogP contribution in [0.1, 0.15) is 0 Å². The van der Waals surface area contributed by atoms with Gasteiger partial charge in [-0.25, -0.2) is 8.42 Å². The molecular formula is C16H11F7O3S. The fraction of sp³-hybridized carbons (Fsp3) is 0.250. The number of sulfone groups is 1. The molecule has 0 amide bonds. The quantitative estimate of drug-likeness (QED) is 0.650. The molecule has 0 aliphatic rings. The molecule has 0 heterocycles. The standard InChI is InChI=1S/C16H11F7O3S/c1-26-12-6-2-10(3-7-12)11-4-8-13(9-5-11)27(24,25)16(22,23)14(17,18)15(19,20)21/h2-9H,1H3. The summed E-state index contributed by atoms with van der Waals surface area (Å²) in [5, 5.41) is -6.38. The van der Waals surface area contributed by atoms with Gasteiger partial charge in [-0.05, 0) is 35.4 Å². The first-order valence-electron chi connectivity index (χ1n) is 7.07. The zero-order valence-electron chi connectivity index (χ0n) is 13.4. The second kappa shape index (κ2) is 6.70. The number of ether oxygens (including phenoxy) is 1. The van der Waals surface area contributed by atoms with Crippen molar-refractivity contribution in [3.05, 3.63) is 48.5 Å². The summed E-state index contributed by atoms with van der Waals surface area (Å²) in [4.78, 5) is -1.37. The van der Waals surface area contributed by atoms with Crippen LogP contribution in [0.3, 0.4) is 0 Å². The molecule has 11 heteroatoms. The van der Waals surface area contributed by atoms with Gasteiger partial charge < -0.3 is 4.74 Å². The van der Waals surface area contributed by atoms with Crippen LogP contribution in [0, 0.1) is 0 Å². The number of halogens is 7. The Kier molecular flexibility index (Phi) is 5.21. The Hall–Kier alpha value is -2.30. The minimum absolute atomic E-state index is 0.322. The Morgan fingerprint density at radius 3 is 1.52 bits per heavy atom. The van der Waals surface area contributed by atoms with Crippen molar-refractivity contribution in [1.29, 1.82) is 0 Å². The van der Waals surface area contributed by atoms with E-state index in [4.69, 9.17) is 4.74 Å². The molecule has 0 atom stereocenters. The Bertz CT molecular complexity index is 903. The minimum atomic E-state index is -6.76. The summed E-state index contributed by atoms with van der Waals surface area (Å²) in [7, 11) is -4.89. The summed E-state index contributed by atoms with van der Waals surface area (Å²) in [5.74, 6) is -6.25. The van der Waals surface area contributed by atoms with Crippen LogP contribution in [0.25, 0.3) is 11.1 Å². The lowest BCUT2D eigenvalue weighted by Gasteiger charge is -2.27. The van der Waals surface area contributed by atoms with Crippen LogP contribution < -0.4 is 4.74 Å². The van der Waals surface area contributed by atoms with Crippen LogP contribution in [0.2, 0.25) is 0 Å². The number of methoxy groups -OCH3 is 1. The first kappa shape index (κ1) is 21.0. The molecule has 0 bridgehead atoms. The summed E-state index contributed by atoms with van der Waals surface area (Å²) in [5.41, 5.74) is 0.828. The number of hydrogen-bond donors (Lipinski definition) is 0. The van der Waals surface area contributed by atoms with Crippen LogP contribution in [0.15, 0.2) is 53.4 Å². The molecular weight excluding hydrogens is 405 g/mol. The maximum absolute atomic E-state index is 13.6. The smallest absolute Gasteiger partial charge is 0.461 e. The van der Waals surface area contributed by atoms with Crippen molar-refractivity contribution >= 4 is 9.84 Å². The van der Waals surface area contributed by atoms with E-state index in [0.717, 1.165) is 12.1 Å². The van der Waals surface area contributed by atoms with Gasteiger partial charge in [-0.15, -0.1) is 0 Å². The Balaban J connectivity index is 2.42. The van der Waals surface area contributed by atoms with E-state index in [1.807, 2.05) is 0 Å². The molecule has 2 rings (SSSR count). The third-order valence-electron chi connectivity index (χ3n) is 3.65. The molecule has 2 aromatic rings. The molecule has 0 unspecified atom stereocenters. The Labute approximate surface area is 149 Å². The highest BCUT2D eigenvalue weighted by molar-refractivity contribution is 7.92. The highest BCUT2D eigenvalue weighted by Gasteiger charge is 2.78. The van der Waals surface area contributed by atoms with Crippen LogP contribution in [0.5, 0.6) is 5.75 Å². The fourth-order valence-electron chi connectivity index (χ4n) is 2.09. The molecule has 0 fully saturated rings. The molecule has 0 radical (unpaired) electrons. The van der Waals surface area contributed by atoms with E-state index < -0.39 is 32.1 Å². The Morgan fingerprint density at radius 1 is 0.741 bits per heavy atom. The van der Waals surface area contributed by atoms with Gasteiger partial charge in [-0.3, -0.25) is 0 Å². The monoisotopic (exact) mass is 416 g/mol. The largest absolute Gasteiger partial charge is 0.497 e. The Morgan fingerprint density at radius 2 is 1.15 bits per heavy atom. The molecule has 0 aromatic heterocycles. The van der Waals surface area contributed by atoms with E-state index in [2.05, 4.69) is 0 Å². The van der Waals surface area contributed by atoms with Crippen molar-refractivity contribution in [1.82, 2.24) is 0 Å². The fourth-order valence-corrected chi connectivity index (χ4v) is 3.34. The van der Waals surface area contributed by atoms with Crippen LogP contribution >= 0.6 is 0 Å². The molecule has 0 aliphatic heterocycles. The van der Waals surface area contributed by atoms with Gasteiger partial charge in [0.1, 0.15) is 5.75 Å². The molecule has 27 heavy (non-hydrogen) atoms. The van der Waals surface area contributed by atoms with Crippen molar-refractivity contribution in [3.63, 3.8) is 0 Å². The second-order valence-corrected chi connectivity index (χ2v) is 7.34. The van der Waals surface area contributed by atoms with Gasteiger partial charge in [-0.2, -0.15) is 30.7 Å². The molecule has 3 nitrogen and oxygen atoms in total. The van der Waals surface area contributed by atoms with Gasteiger partial charge in [-0.1, -0.05) is 24.3 Å². The molecule has 2 aromatic carbocycles.